The molecule has 8 atom stereocenters. The molecule has 0 unspecified atom stereocenters. The largest absolute Gasteiger partial charge is 0.393 e. The van der Waals surface area contributed by atoms with E-state index in [9.17, 15) is 9.90 Å². The van der Waals surface area contributed by atoms with Gasteiger partial charge in [-0.05, 0) is 73.2 Å². The average molecular weight is 323 g/mol. The van der Waals surface area contributed by atoms with Crippen LogP contribution in [0.4, 0.5) is 0 Å². The van der Waals surface area contributed by atoms with E-state index >= 15 is 0 Å². The summed E-state index contributed by atoms with van der Waals surface area (Å²) in [5.41, 5.74) is 1.38. The Kier molecular flexibility index (Phi) is 3.51. The Morgan fingerprint density at radius 1 is 1.27 bits per heavy atom. The zero-order chi connectivity index (χ0) is 15.6. The number of halogens is 1. The van der Waals surface area contributed by atoms with Crippen LogP contribution in [0.2, 0.25) is 0 Å². The fourth-order valence-corrected chi connectivity index (χ4v) is 7.23. The summed E-state index contributed by atoms with van der Waals surface area (Å²) in [5.74, 6) is 3.14. The molecule has 0 saturated heterocycles. The molecule has 0 aromatic heterocycles. The molecule has 0 aromatic carbocycles. The highest BCUT2D eigenvalue weighted by Gasteiger charge is 2.60. The summed E-state index contributed by atoms with van der Waals surface area (Å²) in [4.78, 5) is 11.8. The van der Waals surface area contributed by atoms with Crippen molar-refractivity contribution >= 4 is 17.4 Å². The lowest BCUT2D eigenvalue weighted by atomic mass is 9.49. The molecule has 1 N–H and O–H groups in total. The Labute approximate surface area is 138 Å². The molecule has 22 heavy (non-hydrogen) atoms. The fourth-order valence-electron chi connectivity index (χ4n) is 6.55. The van der Waals surface area contributed by atoms with Crippen molar-refractivity contribution in [2.45, 2.75) is 63.9 Å². The van der Waals surface area contributed by atoms with Gasteiger partial charge in [0.2, 0.25) is 0 Å². The van der Waals surface area contributed by atoms with Gasteiger partial charge in [-0.1, -0.05) is 19.4 Å². The summed E-state index contributed by atoms with van der Waals surface area (Å²) >= 11 is 6.91. The third kappa shape index (κ3) is 1.99. The van der Waals surface area contributed by atoms with Crippen LogP contribution in [0.5, 0.6) is 0 Å². The van der Waals surface area contributed by atoms with Crippen molar-refractivity contribution in [2.75, 3.05) is 0 Å². The molecule has 2 nitrogen and oxygen atoms in total. The van der Waals surface area contributed by atoms with Gasteiger partial charge in [-0.25, -0.2) is 0 Å². The first-order valence-corrected chi connectivity index (χ1v) is 9.41. The van der Waals surface area contributed by atoms with Gasteiger partial charge in [0, 0.05) is 11.8 Å². The van der Waals surface area contributed by atoms with Crippen LogP contribution < -0.4 is 0 Å². The van der Waals surface area contributed by atoms with Crippen LogP contribution >= 0.6 is 11.6 Å². The topological polar surface area (TPSA) is 37.3 Å². The van der Waals surface area contributed by atoms with Gasteiger partial charge in [0.1, 0.15) is 0 Å². The lowest BCUT2D eigenvalue weighted by molar-refractivity contribution is -0.116. The summed E-state index contributed by atoms with van der Waals surface area (Å²) in [6.45, 7) is 4.61. The monoisotopic (exact) mass is 322 g/mol. The Morgan fingerprint density at radius 2 is 2.05 bits per heavy atom. The van der Waals surface area contributed by atoms with Crippen molar-refractivity contribution in [2.24, 2.45) is 35.0 Å². The van der Waals surface area contributed by atoms with Gasteiger partial charge < -0.3 is 5.11 Å². The maximum atomic E-state index is 11.8. The SMILES string of the molecule is C[C@@H]1CC2=CC(=O)CC[C@@H]2[C@@H]2[C@@H]1[C@@H]1CC[C@H](O)[C@@]1(C)C[C@@H]2Cl. The Bertz CT molecular complexity index is 528. The summed E-state index contributed by atoms with van der Waals surface area (Å²) in [6.07, 6.45) is 7.52. The second kappa shape index (κ2) is 5.08. The van der Waals surface area contributed by atoms with Crippen LogP contribution in [0.25, 0.3) is 0 Å². The van der Waals surface area contributed by atoms with Crippen LogP contribution in [0.15, 0.2) is 11.6 Å². The first kappa shape index (κ1) is 15.2. The second-order valence-corrected chi connectivity index (χ2v) is 9.15. The third-order valence-corrected chi connectivity index (χ3v) is 7.97. The normalized spacial score (nSPS) is 54.3. The van der Waals surface area contributed by atoms with Gasteiger partial charge in [-0.2, -0.15) is 0 Å². The van der Waals surface area contributed by atoms with Crippen molar-refractivity contribution < 1.29 is 9.90 Å². The van der Waals surface area contributed by atoms with Gasteiger partial charge in [-0.15, -0.1) is 11.6 Å². The van der Waals surface area contributed by atoms with Gasteiger partial charge in [0.15, 0.2) is 5.78 Å². The number of aliphatic hydroxyl groups excluding tert-OH is 1. The number of hydrogen-bond donors (Lipinski definition) is 1. The molecule has 0 radical (unpaired) electrons. The number of hydrogen-bond acceptors (Lipinski definition) is 2. The van der Waals surface area contributed by atoms with Crippen LogP contribution in [-0.2, 0) is 4.79 Å². The maximum Gasteiger partial charge on any atom is 0.155 e. The first-order valence-electron chi connectivity index (χ1n) is 8.97. The molecule has 4 rings (SSSR count). The van der Waals surface area contributed by atoms with Crippen LogP contribution in [-0.4, -0.2) is 22.4 Å². The van der Waals surface area contributed by atoms with E-state index in [-0.39, 0.29) is 16.9 Å². The molecule has 4 aliphatic rings. The molecular formula is C19H27ClO2. The van der Waals surface area contributed by atoms with Gasteiger partial charge >= 0.3 is 0 Å². The molecule has 4 aliphatic carbocycles. The number of ketones is 1. The summed E-state index contributed by atoms with van der Waals surface area (Å²) in [5, 5.41) is 10.7. The molecule has 3 heteroatoms. The van der Waals surface area contributed by atoms with Gasteiger partial charge in [0.25, 0.3) is 0 Å². The standard InChI is InChI=1S/C19H27ClO2/c1-10-7-11-8-12(21)3-4-13(11)18-15(20)9-19(2)14(17(10)18)5-6-16(19)22/h8,10,13-18,22H,3-7,9H2,1-2H3/t10-,13+,14+,15+,16+,17+,18+,19+/m1/s1. The zero-order valence-electron chi connectivity index (χ0n) is 13.6. The van der Waals surface area contributed by atoms with E-state index < -0.39 is 0 Å². The fraction of sp³-hybridized carbons (Fsp3) is 0.842. The molecule has 122 valence electrons. The molecule has 0 aliphatic heterocycles. The minimum absolute atomic E-state index is 0.00749. The predicted octanol–water partition coefficient (Wildman–Crippen LogP) is 3.95. The number of carbonyl (C=O) groups excluding carboxylic acids is 1. The first-order chi connectivity index (χ1) is 10.4. The van der Waals surface area contributed by atoms with E-state index in [4.69, 9.17) is 11.6 Å². The van der Waals surface area contributed by atoms with Crippen LogP contribution in [0.1, 0.15) is 52.4 Å². The smallest absolute Gasteiger partial charge is 0.155 e. The number of carbonyl (C=O) groups is 1. The third-order valence-electron chi connectivity index (χ3n) is 7.52. The lowest BCUT2D eigenvalue weighted by Crippen LogP contribution is -2.54. The van der Waals surface area contributed by atoms with Gasteiger partial charge in [0.05, 0.1) is 6.10 Å². The number of allylic oxidation sites excluding steroid dienone is 1. The van der Waals surface area contributed by atoms with Crippen LogP contribution in [0, 0.1) is 35.0 Å². The van der Waals surface area contributed by atoms with E-state index in [2.05, 4.69) is 13.8 Å². The number of rotatable bonds is 0. The Morgan fingerprint density at radius 3 is 2.82 bits per heavy atom. The highest BCUT2D eigenvalue weighted by Crippen LogP contribution is 2.64. The average Bonchev–Trinajstić information content (AvgIpc) is 2.74. The van der Waals surface area contributed by atoms with Crippen molar-refractivity contribution in [3.63, 3.8) is 0 Å². The van der Waals surface area contributed by atoms with Crippen molar-refractivity contribution in [3.8, 4) is 0 Å². The quantitative estimate of drug-likeness (QED) is 0.686. The van der Waals surface area contributed by atoms with E-state index in [0.29, 0.717) is 41.8 Å². The molecular weight excluding hydrogens is 296 g/mol. The minimum atomic E-state index is -0.184. The number of alkyl halides is 1. The molecule has 0 aromatic rings. The highest BCUT2D eigenvalue weighted by atomic mass is 35.5. The summed E-state index contributed by atoms with van der Waals surface area (Å²) in [6, 6.07) is 0. The maximum absolute atomic E-state index is 11.8. The zero-order valence-corrected chi connectivity index (χ0v) is 14.4. The second-order valence-electron chi connectivity index (χ2n) is 8.59. The van der Waals surface area contributed by atoms with Crippen molar-refractivity contribution in [1.29, 1.82) is 0 Å². The molecule has 3 fully saturated rings. The highest BCUT2D eigenvalue weighted by molar-refractivity contribution is 6.21. The van der Waals surface area contributed by atoms with E-state index in [1.54, 1.807) is 0 Å². The summed E-state index contributed by atoms with van der Waals surface area (Å²) < 4.78 is 0. The van der Waals surface area contributed by atoms with Gasteiger partial charge in [-0.3, -0.25) is 4.79 Å². The molecule has 0 heterocycles. The number of aliphatic hydroxyl groups is 1. The minimum Gasteiger partial charge on any atom is -0.393 e. The van der Waals surface area contributed by atoms with Crippen LogP contribution in [0.3, 0.4) is 0 Å². The Hall–Kier alpha value is -0.340. The molecule has 0 bridgehead atoms. The molecule has 0 spiro atoms. The predicted molar refractivity (Wildman–Crippen MR) is 87.7 cm³/mol. The van der Waals surface area contributed by atoms with E-state index in [0.717, 1.165) is 32.1 Å². The van der Waals surface area contributed by atoms with Crippen molar-refractivity contribution in [3.05, 3.63) is 11.6 Å². The van der Waals surface area contributed by atoms with Crippen molar-refractivity contribution in [1.82, 2.24) is 0 Å². The lowest BCUT2D eigenvalue weighted by Gasteiger charge is -2.57. The molecule has 3 saturated carbocycles. The molecule has 0 amide bonds. The van der Waals surface area contributed by atoms with E-state index in [1.807, 2.05) is 6.08 Å². The number of fused-ring (bicyclic) bond motifs is 5. The Balaban J connectivity index is 1.73. The van der Waals surface area contributed by atoms with E-state index in [1.165, 1.54) is 5.57 Å². The summed E-state index contributed by atoms with van der Waals surface area (Å²) in [7, 11) is 0.